The Morgan fingerprint density at radius 2 is 1.90 bits per heavy atom. The Kier molecular flexibility index (Phi) is 8.13. The van der Waals surface area contributed by atoms with Gasteiger partial charge in [-0.05, 0) is 80.0 Å². The summed E-state index contributed by atoms with van der Waals surface area (Å²) in [5.41, 5.74) is 8.24. The third-order valence-electron chi connectivity index (χ3n) is 7.89. The van der Waals surface area contributed by atoms with Gasteiger partial charge in [0.25, 0.3) is 5.91 Å². The minimum absolute atomic E-state index is 0.0150. The van der Waals surface area contributed by atoms with Crippen molar-refractivity contribution in [3.8, 4) is 11.3 Å². The summed E-state index contributed by atoms with van der Waals surface area (Å²) in [6.45, 7) is 5.42. The average Bonchev–Trinajstić information content (AvgIpc) is 3.29. The average molecular weight is 597 g/mol. The molecule has 9 nitrogen and oxygen atoms in total. The first kappa shape index (κ1) is 29.7. The van der Waals surface area contributed by atoms with E-state index in [4.69, 9.17) is 5.73 Å². The largest absolute Gasteiger partial charge is 0.350 e. The number of imidazole rings is 1. The molecule has 0 spiro atoms. The van der Waals surface area contributed by atoms with Crippen LogP contribution in [0.3, 0.4) is 0 Å². The number of hydrogen-bond acceptors (Lipinski definition) is 7. The number of benzene rings is 1. The molecule has 3 heterocycles. The normalized spacial score (nSPS) is 21.1. The van der Waals surface area contributed by atoms with Crippen LogP contribution >= 0.6 is 0 Å². The number of nitrogens with two attached hydrogens (primary N) is 1. The highest BCUT2D eigenvalue weighted by Gasteiger charge is 2.40. The molecule has 0 saturated heterocycles. The summed E-state index contributed by atoms with van der Waals surface area (Å²) in [6, 6.07) is 6.54. The van der Waals surface area contributed by atoms with Gasteiger partial charge >= 0.3 is 0 Å². The highest BCUT2D eigenvalue weighted by Crippen LogP contribution is 2.39. The van der Waals surface area contributed by atoms with E-state index in [0.29, 0.717) is 30.6 Å². The second-order valence-corrected chi connectivity index (χ2v) is 13.7. The molecular formula is C30H34F2N6O3S. The van der Waals surface area contributed by atoms with Gasteiger partial charge in [0.15, 0.2) is 9.84 Å². The van der Waals surface area contributed by atoms with Gasteiger partial charge in [-0.1, -0.05) is 6.92 Å². The summed E-state index contributed by atoms with van der Waals surface area (Å²) in [6.07, 6.45) is 7.81. The molecule has 1 fully saturated rings. The summed E-state index contributed by atoms with van der Waals surface area (Å²) in [5, 5.41) is 6.56. The molecule has 3 N–H and O–H groups in total. The lowest BCUT2D eigenvalue weighted by Crippen LogP contribution is -2.48. The van der Waals surface area contributed by atoms with Crippen molar-refractivity contribution in [1.82, 2.24) is 24.9 Å². The molecule has 222 valence electrons. The summed E-state index contributed by atoms with van der Waals surface area (Å²) in [7, 11) is -3.29. The number of sulfone groups is 1. The molecule has 5 rings (SSSR count). The summed E-state index contributed by atoms with van der Waals surface area (Å²) in [5.74, 6) is -2.04. The van der Waals surface area contributed by atoms with E-state index in [9.17, 15) is 17.6 Å². The number of nitrogens with one attached hydrogen (secondary N) is 1. The number of carbonyl (C=O) groups excluding carboxylic acids is 1. The van der Waals surface area contributed by atoms with Crippen LogP contribution in [0, 0.1) is 17.6 Å². The minimum Gasteiger partial charge on any atom is -0.350 e. The van der Waals surface area contributed by atoms with Gasteiger partial charge in [-0.25, -0.2) is 26.7 Å². The second-order valence-electron chi connectivity index (χ2n) is 11.5. The molecular weight excluding hydrogens is 562 g/mol. The highest BCUT2D eigenvalue weighted by atomic mass is 32.2. The number of pyridine rings is 1. The maximum atomic E-state index is 15.5. The Hall–Kier alpha value is -3.77. The molecule has 1 aromatic carbocycles. The number of aromatic nitrogens is 4. The molecule has 4 atom stereocenters. The third kappa shape index (κ3) is 5.78. The number of halogens is 2. The quantitative estimate of drug-likeness (QED) is 0.329. The molecule has 1 aliphatic rings. The lowest BCUT2D eigenvalue weighted by atomic mass is 9.75. The van der Waals surface area contributed by atoms with E-state index in [2.05, 4.69) is 20.4 Å². The lowest BCUT2D eigenvalue weighted by molar-refractivity contribution is 0.0939. The molecule has 0 radical (unpaired) electrons. The van der Waals surface area contributed by atoms with Crippen molar-refractivity contribution < 1.29 is 22.0 Å². The first-order valence-electron chi connectivity index (χ1n) is 13.8. The Labute approximate surface area is 243 Å². The molecule has 0 aliphatic heterocycles. The number of nitrogens with zero attached hydrogens (tertiary/aromatic N) is 4. The first-order valence-corrected chi connectivity index (χ1v) is 15.8. The van der Waals surface area contributed by atoms with Crippen molar-refractivity contribution in [3.05, 3.63) is 83.1 Å². The van der Waals surface area contributed by atoms with Crippen LogP contribution in [0.4, 0.5) is 8.78 Å². The van der Waals surface area contributed by atoms with Crippen LogP contribution in [0.1, 0.15) is 66.8 Å². The van der Waals surface area contributed by atoms with Crippen LogP contribution in [-0.2, 0) is 16.3 Å². The molecule has 1 aliphatic carbocycles. The predicted octanol–water partition coefficient (Wildman–Crippen LogP) is 4.05. The van der Waals surface area contributed by atoms with Crippen molar-refractivity contribution in [2.45, 2.75) is 63.3 Å². The predicted molar refractivity (Wildman–Crippen MR) is 156 cm³/mol. The van der Waals surface area contributed by atoms with Gasteiger partial charge in [0.05, 0.1) is 33.8 Å². The van der Waals surface area contributed by atoms with Gasteiger partial charge in [-0.3, -0.25) is 9.78 Å². The van der Waals surface area contributed by atoms with E-state index >= 15 is 4.39 Å². The zero-order valence-electron chi connectivity index (χ0n) is 23.9. The molecule has 3 aromatic heterocycles. The van der Waals surface area contributed by atoms with Gasteiger partial charge in [0, 0.05) is 37.2 Å². The Balaban J connectivity index is 1.49. The summed E-state index contributed by atoms with van der Waals surface area (Å²) < 4.78 is 56.7. The Bertz CT molecular complexity index is 1750. The van der Waals surface area contributed by atoms with Crippen molar-refractivity contribution in [2.24, 2.45) is 11.7 Å². The van der Waals surface area contributed by atoms with Crippen molar-refractivity contribution in [1.29, 1.82) is 0 Å². The molecule has 12 heteroatoms. The van der Waals surface area contributed by atoms with Crippen molar-refractivity contribution >= 4 is 21.3 Å². The topological polar surface area (TPSA) is 132 Å². The maximum absolute atomic E-state index is 15.5. The highest BCUT2D eigenvalue weighted by molar-refractivity contribution is 7.91. The number of amides is 1. The Morgan fingerprint density at radius 3 is 2.60 bits per heavy atom. The molecule has 0 unspecified atom stereocenters. The fourth-order valence-electron chi connectivity index (χ4n) is 6.20. The summed E-state index contributed by atoms with van der Waals surface area (Å²) in [4.78, 5) is 21.3. The van der Waals surface area contributed by atoms with Crippen molar-refractivity contribution in [2.75, 3.05) is 6.26 Å². The molecule has 0 bridgehead atoms. The monoisotopic (exact) mass is 596 g/mol. The fraction of sp³-hybridized carbons (Fsp3) is 0.400. The van der Waals surface area contributed by atoms with Crippen LogP contribution in [0.25, 0.3) is 16.8 Å². The van der Waals surface area contributed by atoms with Gasteiger partial charge < -0.3 is 11.1 Å². The zero-order valence-corrected chi connectivity index (χ0v) is 24.7. The number of fused-ring (bicyclic) bond motifs is 1. The Morgan fingerprint density at radius 1 is 1.14 bits per heavy atom. The van der Waals surface area contributed by atoms with E-state index in [1.165, 1.54) is 16.8 Å². The van der Waals surface area contributed by atoms with E-state index in [0.717, 1.165) is 23.3 Å². The van der Waals surface area contributed by atoms with Gasteiger partial charge in [0.2, 0.25) is 0 Å². The standard InChI is InChI=1S/C30H34F2N6O3S/c1-16(2)36-30(39)22-6-7-23(31)27(28(22)32)25-8-5-20-15-35-26(38(20)37-25)13-19-14-34-10-9-21(19)18-11-17(3)29(24(33)12-18)42(4,40)41/h5-10,14-18,24,29H,11-13,33H2,1-4H3,(H,36,39)/t17-,18+,24+,29-/m0/s1. The van der Waals surface area contributed by atoms with Crippen LogP contribution in [0.5, 0.6) is 0 Å². The molecule has 4 aromatic rings. The number of carbonyl (C=O) groups is 1. The van der Waals surface area contributed by atoms with Crippen LogP contribution in [0.2, 0.25) is 0 Å². The van der Waals surface area contributed by atoms with Crippen LogP contribution < -0.4 is 11.1 Å². The van der Waals surface area contributed by atoms with Crippen LogP contribution in [0.15, 0.2) is 48.9 Å². The van der Waals surface area contributed by atoms with Gasteiger partial charge in [0.1, 0.15) is 17.5 Å². The van der Waals surface area contributed by atoms with Gasteiger partial charge in [-0.2, -0.15) is 5.10 Å². The maximum Gasteiger partial charge on any atom is 0.254 e. The van der Waals surface area contributed by atoms with E-state index < -0.39 is 44.2 Å². The van der Waals surface area contributed by atoms with Crippen LogP contribution in [-0.4, -0.2) is 57.5 Å². The number of rotatable bonds is 7. The molecule has 1 amide bonds. The van der Waals surface area contributed by atoms with E-state index in [1.54, 1.807) is 38.5 Å². The fourth-order valence-corrected chi connectivity index (χ4v) is 7.90. The third-order valence-corrected chi connectivity index (χ3v) is 9.69. The minimum atomic E-state index is -3.29. The zero-order chi connectivity index (χ0) is 30.3. The SMILES string of the molecule is CC(C)NC(=O)c1ccc(F)c(-c2ccc3cnc(Cc4cnccc4[C@H]4C[C@@H](N)[C@@H](S(C)(=O)=O)[C@@H](C)C4)n3n2)c1F. The first-order chi connectivity index (χ1) is 19.8. The summed E-state index contributed by atoms with van der Waals surface area (Å²) >= 11 is 0. The molecule has 1 saturated carbocycles. The van der Waals surface area contributed by atoms with E-state index in [1.807, 2.05) is 13.0 Å². The van der Waals surface area contributed by atoms with Gasteiger partial charge in [-0.15, -0.1) is 0 Å². The smallest absolute Gasteiger partial charge is 0.254 e. The lowest BCUT2D eigenvalue weighted by Gasteiger charge is -2.38. The van der Waals surface area contributed by atoms with Crippen molar-refractivity contribution in [3.63, 3.8) is 0 Å². The second kappa shape index (κ2) is 11.5. The number of hydrogen-bond donors (Lipinski definition) is 2. The molecule has 42 heavy (non-hydrogen) atoms. The van der Waals surface area contributed by atoms with E-state index in [-0.39, 0.29) is 29.1 Å².